The number of nitrogens with one attached hydrogen (secondary N) is 1. The highest BCUT2D eigenvalue weighted by atomic mass is 15.1. The Morgan fingerprint density at radius 3 is 1.94 bits per heavy atom. The lowest BCUT2D eigenvalue weighted by Crippen LogP contribution is -2.25. The Bertz CT molecular complexity index is 349. The van der Waals surface area contributed by atoms with Gasteiger partial charge in [0.05, 0.1) is 0 Å². The molecule has 100 valence electrons. The maximum atomic E-state index is 7.40. The Morgan fingerprint density at radius 2 is 1.56 bits per heavy atom. The average molecular weight is 247 g/mol. The SMILES string of the molecule is CCCCN(CCCC)c1ccc(C(=N)N)cc1. The van der Waals surface area contributed by atoms with Gasteiger partial charge in [-0.3, -0.25) is 5.41 Å². The molecule has 0 unspecified atom stereocenters. The lowest BCUT2D eigenvalue weighted by molar-refractivity contribution is 0.678. The molecular weight excluding hydrogens is 222 g/mol. The van der Waals surface area contributed by atoms with Crippen LogP contribution in [-0.2, 0) is 0 Å². The van der Waals surface area contributed by atoms with E-state index in [0.717, 1.165) is 18.7 Å². The van der Waals surface area contributed by atoms with Crippen LogP contribution in [0, 0.1) is 5.41 Å². The summed E-state index contributed by atoms with van der Waals surface area (Å²) in [5.74, 6) is 0.134. The van der Waals surface area contributed by atoms with Crippen molar-refractivity contribution in [2.75, 3.05) is 18.0 Å². The van der Waals surface area contributed by atoms with Gasteiger partial charge in [-0.25, -0.2) is 0 Å². The molecule has 0 fully saturated rings. The van der Waals surface area contributed by atoms with E-state index < -0.39 is 0 Å². The van der Waals surface area contributed by atoms with Crippen LogP contribution < -0.4 is 10.6 Å². The zero-order valence-corrected chi connectivity index (χ0v) is 11.6. The molecule has 0 aliphatic heterocycles. The molecule has 0 aromatic heterocycles. The molecule has 0 aliphatic rings. The number of nitrogens with two attached hydrogens (primary N) is 1. The minimum atomic E-state index is 0.134. The van der Waals surface area contributed by atoms with Gasteiger partial charge in [-0.1, -0.05) is 26.7 Å². The van der Waals surface area contributed by atoms with Crippen molar-refractivity contribution in [3.8, 4) is 0 Å². The normalized spacial score (nSPS) is 10.3. The van der Waals surface area contributed by atoms with Crippen LogP contribution in [0.5, 0.6) is 0 Å². The second-order valence-electron chi connectivity index (χ2n) is 4.65. The van der Waals surface area contributed by atoms with Crippen molar-refractivity contribution in [3.63, 3.8) is 0 Å². The molecule has 1 aromatic rings. The third-order valence-corrected chi connectivity index (χ3v) is 3.11. The van der Waals surface area contributed by atoms with Gasteiger partial charge >= 0.3 is 0 Å². The van der Waals surface area contributed by atoms with Gasteiger partial charge in [-0.2, -0.15) is 0 Å². The molecule has 0 bridgehead atoms. The molecule has 0 heterocycles. The number of amidine groups is 1. The van der Waals surface area contributed by atoms with Gasteiger partial charge in [-0.05, 0) is 37.1 Å². The van der Waals surface area contributed by atoms with E-state index in [-0.39, 0.29) is 5.84 Å². The van der Waals surface area contributed by atoms with Crippen LogP contribution in [0.1, 0.15) is 45.1 Å². The van der Waals surface area contributed by atoms with Gasteiger partial charge in [-0.15, -0.1) is 0 Å². The van der Waals surface area contributed by atoms with E-state index in [4.69, 9.17) is 11.1 Å². The first kappa shape index (κ1) is 14.6. The van der Waals surface area contributed by atoms with Crippen LogP contribution in [0.3, 0.4) is 0 Å². The van der Waals surface area contributed by atoms with Crippen molar-refractivity contribution in [3.05, 3.63) is 29.8 Å². The number of anilines is 1. The molecule has 3 heteroatoms. The van der Waals surface area contributed by atoms with Gasteiger partial charge in [0.15, 0.2) is 0 Å². The van der Waals surface area contributed by atoms with Crippen LogP contribution in [0.4, 0.5) is 5.69 Å². The first-order chi connectivity index (χ1) is 8.69. The minimum Gasteiger partial charge on any atom is -0.384 e. The molecule has 0 aliphatic carbocycles. The van der Waals surface area contributed by atoms with E-state index >= 15 is 0 Å². The molecule has 3 N–H and O–H groups in total. The van der Waals surface area contributed by atoms with Crippen LogP contribution in [0.25, 0.3) is 0 Å². The van der Waals surface area contributed by atoms with Crippen LogP contribution in [0.2, 0.25) is 0 Å². The Hall–Kier alpha value is -1.51. The first-order valence-electron chi connectivity index (χ1n) is 6.88. The summed E-state index contributed by atoms with van der Waals surface area (Å²) in [5.41, 5.74) is 7.50. The average Bonchev–Trinajstić information content (AvgIpc) is 2.39. The Kier molecular flexibility index (Phi) is 6.26. The zero-order valence-electron chi connectivity index (χ0n) is 11.6. The van der Waals surface area contributed by atoms with Crippen LogP contribution in [0.15, 0.2) is 24.3 Å². The van der Waals surface area contributed by atoms with Crippen molar-refractivity contribution in [1.29, 1.82) is 5.41 Å². The topological polar surface area (TPSA) is 53.1 Å². The lowest BCUT2D eigenvalue weighted by atomic mass is 10.1. The number of unbranched alkanes of at least 4 members (excludes halogenated alkanes) is 2. The summed E-state index contributed by atoms with van der Waals surface area (Å²) in [6, 6.07) is 8.01. The Morgan fingerprint density at radius 1 is 1.06 bits per heavy atom. The number of hydrogen-bond donors (Lipinski definition) is 2. The molecule has 1 rings (SSSR count). The van der Waals surface area contributed by atoms with Crippen molar-refractivity contribution < 1.29 is 0 Å². The second kappa shape index (κ2) is 7.75. The molecule has 0 amide bonds. The highest BCUT2D eigenvalue weighted by Gasteiger charge is 2.05. The van der Waals surface area contributed by atoms with E-state index in [1.54, 1.807) is 0 Å². The molecule has 0 spiro atoms. The number of benzene rings is 1. The summed E-state index contributed by atoms with van der Waals surface area (Å²) in [6.45, 7) is 6.65. The highest BCUT2D eigenvalue weighted by molar-refractivity contribution is 5.95. The maximum Gasteiger partial charge on any atom is 0.122 e. The fourth-order valence-electron chi connectivity index (χ4n) is 1.92. The lowest BCUT2D eigenvalue weighted by Gasteiger charge is -2.24. The van der Waals surface area contributed by atoms with Crippen LogP contribution >= 0.6 is 0 Å². The summed E-state index contributed by atoms with van der Waals surface area (Å²) in [6.07, 6.45) is 4.87. The summed E-state index contributed by atoms with van der Waals surface area (Å²) >= 11 is 0. The van der Waals surface area contributed by atoms with Crippen molar-refractivity contribution in [2.45, 2.75) is 39.5 Å². The number of rotatable bonds is 8. The summed E-state index contributed by atoms with van der Waals surface area (Å²) < 4.78 is 0. The predicted molar refractivity (Wildman–Crippen MR) is 79.5 cm³/mol. The number of nitrogens with zero attached hydrogens (tertiary/aromatic N) is 1. The van der Waals surface area contributed by atoms with Crippen molar-refractivity contribution in [1.82, 2.24) is 0 Å². The third kappa shape index (κ3) is 4.40. The maximum absolute atomic E-state index is 7.40. The zero-order chi connectivity index (χ0) is 13.4. The minimum absolute atomic E-state index is 0.134. The van der Waals surface area contributed by atoms with Crippen molar-refractivity contribution >= 4 is 11.5 Å². The molecular formula is C15H25N3. The standard InChI is InChI=1S/C15H25N3/c1-3-5-11-18(12-6-4-2)14-9-7-13(8-10-14)15(16)17/h7-10H,3-6,11-12H2,1-2H3,(H3,16,17). The Labute approximate surface area is 111 Å². The van der Waals surface area contributed by atoms with E-state index in [0.29, 0.717) is 0 Å². The third-order valence-electron chi connectivity index (χ3n) is 3.11. The summed E-state index contributed by atoms with van der Waals surface area (Å²) in [4.78, 5) is 2.43. The number of nitrogen functional groups attached to an aromatic ring is 1. The molecule has 18 heavy (non-hydrogen) atoms. The quantitative estimate of drug-likeness (QED) is 0.546. The van der Waals surface area contributed by atoms with Crippen molar-refractivity contribution in [2.24, 2.45) is 5.73 Å². The van der Waals surface area contributed by atoms with Crippen LogP contribution in [-0.4, -0.2) is 18.9 Å². The largest absolute Gasteiger partial charge is 0.384 e. The molecule has 1 aromatic carbocycles. The van der Waals surface area contributed by atoms with Gasteiger partial charge in [0.2, 0.25) is 0 Å². The van der Waals surface area contributed by atoms with Gasteiger partial charge in [0.1, 0.15) is 5.84 Å². The van der Waals surface area contributed by atoms with E-state index in [9.17, 15) is 0 Å². The first-order valence-corrected chi connectivity index (χ1v) is 6.88. The molecule has 3 nitrogen and oxygen atoms in total. The summed E-state index contributed by atoms with van der Waals surface area (Å²) in [7, 11) is 0. The van der Waals surface area contributed by atoms with E-state index in [1.165, 1.54) is 31.4 Å². The fraction of sp³-hybridized carbons (Fsp3) is 0.533. The smallest absolute Gasteiger partial charge is 0.122 e. The predicted octanol–water partition coefficient (Wildman–Crippen LogP) is 3.38. The molecule has 0 radical (unpaired) electrons. The monoisotopic (exact) mass is 247 g/mol. The van der Waals surface area contributed by atoms with E-state index in [1.807, 2.05) is 12.1 Å². The molecule has 0 atom stereocenters. The highest BCUT2D eigenvalue weighted by Crippen LogP contribution is 2.16. The Balaban J connectivity index is 2.73. The number of hydrogen-bond acceptors (Lipinski definition) is 2. The molecule has 0 saturated carbocycles. The van der Waals surface area contributed by atoms with E-state index in [2.05, 4.69) is 30.9 Å². The summed E-state index contributed by atoms with van der Waals surface area (Å²) in [5, 5.41) is 7.40. The van der Waals surface area contributed by atoms with Gasteiger partial charge in [0, 0.05) is 24.3 Å². The molecule has 0 saturated heterocycles. The van der Waals surface area contributed by atoms with Gasteiger partial charge < -0.3 is 10.6 Å². The van der Waals surface area contributed by atoms with Gasteiger partial charge in [0.25, 0.3) is 0 Å². The second-order valence-corrected chi connectivity index (χ2v) is 4.65. The fourth-order valence-corrected chi connectivity index (χ4v) is 1.92.